The molecule has 20 heavy (non-hydrogen) atoms. The number of piperidine rings is 1. The number of hydrogen-bond acceptors (Lipinski definition) is 5. The van der Waals surface area contributed by atoms with Gasteiger partial charge in [0, 0.05) is 38.4 Å². The maximum Gasteiger partial charge on any atom is 0.226 e. The van der Waals surface area contributed by atoms with E-state index in [0.29, 0.717) is 6.04 Å². The number of likely N-dealkylation sites (tertiary alicyclic amines) is 1. The summed E-state index contributed by atoms with van der Waals surface area (Å²) in [6, 6.07) is 2.58. The molecule has 0 spiro atoms. The summed E-state index contributed by atoms with van der Waals surface area (Å²) in [7, 11) is 3.97. The van der Waals surface area contributed by atoms with Crippen LogP contribution in [0.3, 0.4) is 0 Å². The summed E-state index contributed by atoms with van der Waals surface area (Å²) in [4.78, 5) is 13.6. The molecule has 0 radical (unpaired) electrons. The Balaban J connectivity index is 2.09. The topological polar surface area (TPSA) is 44.3 Å². The van der Waals surface area contributed by atoms with Gasteiger partial charge in [-0.2, -0.15) is 4.98 Å². The minimum Gasteiger partial charge on any atom is -0.366 e. The van der Waals surface area contributed by atoms with Crippen molar-refractivity contribution in [1.82, 2.24) is 14.9 Å². The number of likely N-dealkylation sites (N-methyl/N-ethyl adjacent to an activating group) is 1. The lowest BCUT2D eigenvalue weighted by Crippen LogP contribution is -2.42. The SMILES string of the molecule is CCc1cc(N[C@@H]2CCCN(CC)C2)nc(N(C)C)n1. The van der Waals surface area contributed by atoms with Gasteiger partial charge in [-0.15, -0.1) is 0 Å². The highest BCUT2D eigenvalue weighted by Gasteiger charge is 2.19. The van der Waals surface area contributed by atoms with Crippen molar-refractivity contribution in [1.29, 1.82) is 0 Å². The van der Waals surface area contributed by atoms with Crippen molar-refractivity contribution in [2.45, 2.75) is 39.2 Å². The van der Waals surface area contributed by atoms with Gasteiger partial charge in [0.25, 0.3) is 0 Å². The zero-order chi connectivity index (χ0) is 14.5. The molecule has 1 aromatic rings. The van der Waals surface area contributed by atoms with Crippen LogP contribution in [0.1, 0.15) is 32.4 Å². The average Bonchev–Trinajstić information content (AvgIpc) is 2.47. The second-order valence-electron chi connectivity index (χ2n) is 5.67. The third-order valence-corrected chi connectivity index (χ3v) is 3.83. The van der Waals surface area contributed by atoms with Crippen LogP contribution in [0, 0.1) is 0 Å². The fraction of sp³-hybridized carbons (Fsp3) is 0.733. The molecule has 1 aliphatic heterocycles. The molecule has 1 fully saturated rings. The maximum atomic E-state index is 4.61. The minimum atomic E-state index is 0.498. The summed E-state index contributed by atoms with van der Waals surface area (Å²) in [6.07, 6.45) is 3.42. The van der Waals surface area contributed by atoms with Crippen LogP contribution in [0.5, 0.6) is 0 Å². The highest BCUT2D eigenvalue weighted by Crippen LogP contribution is 2.17. The quantitative estimate of drug-likeness (QED) is 0.892. The summed E-state index contributed by atoms with van der Waals surface area (Å²) in [6.45, 7) is 7.82. The van der Waals surface area contributed by atoms with Crippen LogP contribution in [0.25, 0.3) is 0 Å². The molecule has 1 N–H and O–H groups in total. The van der Waals surface area contributed by atoms with E-state index in [1.807, 2.05) is 19.0 Å². The van der Waals surface area contributed by atoms with Crippen LogP contribution in [0.15, 0.2) is 6.07 Å². The second-order valence-corrected chi connectivity index (χ2v) is 5.67. The number of anilines is 2. The highest BCUT2D eigenvalue weighted by atomic mass is 15.2. The lowest BCUT2D eigenvalue weighted by atomic mass is 10.1. The third kappa shape index (κ3) is 3.82. The van der Waals surface area contributed by atoms with Crippen LogP contribution < -0.4 is 10.2 Å². The first-order valence-corrected chi connectivity index (χ1v) is 7.66. The predicted molar refractivity (Wildman–Crippen MR) is 84.5 cm³/mol. The third-order valence-electron chi connectivity index (χ3n) is 3.83. The maximum absolute atomic E-state index is 4.61. The Morgan fingerprint density at radius 3 is 2.80 bits per heavy atom. The van der Waals surface area contributed by atoms with E-state index in [-0.39, 0.29) is 0 Å². The summed E-state index contributed by atoms with van der Waals surface area (Å²) in [5, 5.41) is 3.60. The molecule has 1 aromatic heterocycles. The molecule has 2 rings (SSSR count). The zero-order valence-corrected chi connectivity index (χ0v) is 13.2. The molecule has 0 bridgehead atoms. The first-order valence-electron chi connectivity index (χ1n) is 7.66. The van der Waals surface area contributed by atoms with Crippen molar-refractivity contribution in [2.24, 2.45) is 0 Å². The van der Waals surface area contributed by atoms with E-state index in [0.717, 1.165) is 37.0 Å². The van der Waals surface area contributed by atoms with Gasteiger partial charge in [-0.1, -0.05) is 13.8 Å². The summed E-state index contributed by atoms with van der Waals surface area (Å²) < 4.78 is 0. The van der Waals surface area contributed by atoms with Gasteiger partial charge in [-0.05, 0) is 32.4 Å². The van der Waals surface area contributed by atoms with Gasteiger partial charge in [0.2, 0.25) is 5.95 Å². The van der Waals surface area contributed by atoms with Crippen LogP contribution in [-0.2, 0) is 6.42 Å². The van der Waals surface area contributed by atoms with Gasteiger partial charge >= 0.3 is 0 Å². The van der Waals surface area contributed by atoms with E-state index in [4.69, 9.17) is 0 Å². The van der Waals surface area contributed by atoms with Crippen molar-refractivity contribution in [3.63, 3.8) is 0 Å². The van der Waals surface area contributed by atoms with Crippen LogP contribution >= 0.6 is 0 Å². The van der Waals surface area contributed by atoms with E-state index in [1.54, 1.807) is 0 Å². The van der Waals surface area contributed by atoms with Crippen molar-refractivity contribution in [3.8, 4) is 0 Å². The molecule has 1 saturated heterocycles. The predicted octanol–water partition coefficient (Wildman–Crippen LogP) is 2.00. The molecule has 0 unspecified atom stereocenters. The first kappa shape index (κ1) is 15.0. The Hall–Kier alpha value is -1.36. The number of hydrogen-bond donors (Lipinski definition) is 1. The normalized spacial score (nSPS) is 19.9. The molecule has 1 atom stereocenters. The number of rotatable bonds is 5. The number of aromatic nitrogens is 2. The summed E-state index contributed by atoms with van der Waals surface area (Å²) in [5.41, 5.74) is 1.09. The van der Waals surface area contributed by atoms with Crippen molar-refractivity contribution >= 4 is 11.8 Å². The van der Waals surface area contributed by atoms with Gasteiger partial charge in [0.15, 0.2) is 0 Å². The average molecular weight is 277 g/mol. The lowest BCUT2D eigenvalue weighted by Gasteiger charge is -2.32. The van der Waals surface area contributed by atoms with Gasteiger partial charge < -0.3 is 15.1 Å². The van der Waals surface area contributed by atoms with Crippen LogP contribution in [0.2, 0.25) is 0 Å². The Morgan fingerprint density at radius 1 is 1.35 bits per heavy atom. The van der Waals surface area contributed by atoms with E-state index >= 15 is 0 Å². The Kier molecular flexibility index (Phi) is 5.17. The molecule has 1 aliphatic rings. The van der Waals surface area contributed by atoms with E-state index in [9.17, 15) is 0 Å². The largest absolute Gasteiger partial charge is 0.366 e. The molecule has 0 amide bonds. The molecule has 0 aliphatic carbocycles. The lowest BCUT2D eigenvalue weighted by molar-refractivity contribution is 0.226. The van der Waals surface area contributed by atoms with Crippen molar-refractivity contribution in [3.05, 3.63) is 11.8 Å². The molecular weight excluding hydrogens is 250 g/mol. The zero-order valence-electron chi connectivity index (χ0n) is 13.2. The van der Waals surface area contributed by atoms with E-state index in [2.05, 4.69) is 40.1 Å². The van der Waals surface area contributed by atoms with Crippen LogP contribution in [0.4, 0.5) is 11.8 Å². The van der Waals surface area contributed by atoms with Crippen LogP contribution in [-0.4, -0.2) is 54.6 Å². The molecular formula is C15H27N5. The fourth-order valence-electron chi connectivity index (χ4n) is 2.61. The molecule has 5 heteroatoms. The molecule has 2 heterocycles. The van der Waals surface area contributed by atoms with E-state index in [1.165, 1.54) is 19.4 Å². The second kappa shape index (κ2) is 6.88. The van der Waals surface area contributed by atoms with Gasteiger partial charge in [-0.3, -0.25) is 0 Å². The fourth-order valence-corrected chi connectivity index (χ4v) is 2.61. The molecule has 112 valence electrons. The van der Waals surface area contributed by atoms with Gasteiger partial charge in [0.1, 0.15) is 5.82 Å². The Morgan fingerprint density at radius 2 is 2.15 bits per heavy atom. The number of aryl methyl sites for hydroxylation is 1. The number of nitrogens with zero attached hydrogens (tertiary/aromatic N) is 4. The molecule has 0 aromatic carbocycles. The molecule has 5 nitrogen and oxygen atoms in total. The molecule has 0 saturated carbocycles. The number of nitrogens with one attached hydrogen (secondary N) is 1. The van der Waals surface area contributed by atoms with Gasteiger partial charge in [0.05, 0.1) is 0 Å². The monoisotopic (exact) mass is 277 g/mol. The van der Waals surface area contributed by atoms with E-state index < -0.39 is 0 Å². The summed E-state index contributed by atoms with van der Waals surface area (Å²) in [5.74, 6) is 1.75. The standard InChI is InChI=1S/C15H27N5/c1-5-12-10-14(18-15(17-12)19(3)4)16-13-8-7-9-20(6-2)11-13/h10,13H,5-9,11H2,1-4H3,(H,16,17,18)/t13-/m1/s1. The smallest absolute Gasteiger partial charge is 0.226 e. The summed E-state index contributed by atoms with van der Waals surface area (Å²) >= 11 is 0. The van der Waals surface area contributed by atoms with Gasteiger partial charge in [-0.25, -0.2) is 4.98 Å². The minimum absolute atomic E-state index is 0.498. The van der Waals surface area contributed by atoms with Crippen molar-refractivity contribution in [2.75, 3.05) is 43.9 Å². The first-order chi connectivity index (χ1) is 9.62. The Labute approximate surface area is 122 Å². The highest BCUT2D eigenvalue weighted by molar-refractivity contribution is 5.44. The Bertz CT molecular complexity index is 432. The van der Waals surface area contributed by atoms with Crippen molar-refractivity contribution < 1.29 is 0 Å².